The summed E-state index contributed by atoms with van der Waals surface area (Å²) < 4.78 is 18.3. The normalized spacial score (nSPS) is 10.6. The average molecular weight is 265 g/mol. The SMILES string of the molecule is O=C(O)CCNC(=O)Cc1coc2ccc(F)cc12. The van der Waals surface area contributed by atoms with Crippen molar-refractivity contribution in [2.45, 2.75) is 12.8 Å². The summed E-state index contributed by atoms with van der Waals surface area (Å²) in [5.41, 5.74) is 1.08. The van der Waals surface area contributed by atoms with Crippen LogP contribution in [0, 0.1) is 5.82 Å². The number of carbonyl (C=O) groups is 2. The van der Waals surface area contributed by atoms with Gasteiger partial charge in [0.25, 0.3) is 0 Å². The first-order chi connectivity index (χ1) is 9.06. The highest BCUT2D eigenvalue weighted by Gasteiger charge is 2.11. The van der Waals surface area contributed by atoms with E-state index in [0.29, 0.717) is 16.5 Å². The highest BCUT2D eigenvalue weighted by atomic mass is 19.1. The van der Waals surface area contributed by atoms with E-state index in [1.54, 1.807) is 0 Å². The standard InChI is InChI=1S/C13H12FNO4/c14-9-1-2-11-10(6-9)8(7-19-11)5-12(16)15-4-3-13(17)18/h1-2,6-7H,3-5H2,(H,15,16)(H,17,18). The van der Waals surface area contributed by atoms with E-state index in [-0.39, 0.29) is 25.3 Å². The maximum absolute atomic E-state index is 13.1. The Balaban J connectivity index is 2.02. The molecule has 0 aliphatic heterocycles. The van der Waals surface area contributed by atoms with Crippen molar-refractivity contribution in [3.8, 4) is 0 Å². The molecule has 100 valence electrons. The van der Waals surface area contributed by atoms with Gasteiger partial charge in [0.15, 0.2) is 0 Å². The topological polar surface area (TPSA) is 79.5 Å². The summed E-state index contributed by atoms with van der Waals surface area (Å²) in [6.07, 6.45) is 1.30. The van der Waals surface area contributed by atoms with Crippen LogP contribution in [0.5, 0.6) is 0 Å². The zero-order valence-electron chi connectivity index (χ0n) is 9.98. The van der Waals surface area contributed by atoms with Gasteiger partial charge in [0.1, 0.15) is 11.4 Å². The number of hydrogen-bond donors (Lipinski definition) is 2. The van der Waals surface area contributed by atoms with Gasteiger partial charge in [0.05, 0.1) is 19.1 Å². The number of furan rings is 1. The van der Waals surface area contributed by atoms with E-state index in [2.05, 4.69) is 5.32 Å². The number of benzene rings is 1. The quantitative estimate of drug-likeness (QED) is 0.862. The predicted molar refractivity (Wildman–Crippen MR) is 65.1 cm³/mol. The van der Waals surface area contributed by atoms with Gasteiger partial charge in [0, 0.05) is 17.5 Å². The summed E-state index contributed by atoms with van der Waals surface area (Å²) in [4.78, 5) is 21.9. The Morgan fingerprint density at radius 2 is 2.16 bits per heavy atom. The lowest BCUT2D eigenvalue weighted by Gasteiger charge is -2.02. The maximum atomic E-state index is 13.1. The molecule has 1 amide bonds. The molecule has 2 rings (SSSR count). The molecule has 2 N–H and O–H groups in total. The van der Waals surface area contributed by atoms with Gasteiger partial charge >= 0.3 is 5.97 Å². The molecule has 1 heterocycles. The molecule has 0 unspecified atom stereocenters. The van der Waals surface area contributed by atoms with Crippen LogP contribution in [0.2, 0.25) is 0 Å². The molecule has 0 saturated heterocycles. The smallest absolute Gasteiger partial charge is 0.305 e. The van der Waals surface area contributed by atoms with Crippen molar-refractivity contribution in [2.75, 3.05) is 6.54 Å². The van der Waals surface area contributed by atoms with Gasteiger partial charge in [-0.1, -0.05) is 0 Å². The summed E-state index contributed by atoms with van der Waals surface area (Å²) in [6.45, 7) is 0.0678. The number of fused-ring (bicyclic) bond motifs is 1. The van der Waals surface area contributed by atoms with Crippen LogP contribution >= 0.6 is 0 Å². The zero-order chi connectivity index (χ0) is 13.8. The molecular formula is C13H12FNO4. The monoisotopic (exact) mass is 265 g/mol. The number of carboxylic acids is 1. The highest BCUT2D eigenvalue weighted by molar-refractivity contribution is 5.87. The van der Waals surface area contributed by atoms with Crippen molar-refractivity contribution in [2.24, 2.45) is 0 Å². The number of rotatable bonds is 5. The first-order valence-corrected chi connectivity index (χ1v) is 5.70. The van der Waals surface area contributed by atoms with Crippen LogP contribution < -0.4 is 5.32 Å². The van der Waals surface area contributed by atoms with Gasteiger partial charge in [0.2, 0.25) is 5.91 Å². The molecule has 0 aliphatic rings. The maximum Gasteiger partial charge on any atom is 0.305 e. The second-order valence-electron chi connectivity index (χ2n) is 4.07. The van der Waals surface area contributed by atoms with Crippen LogP contribution in [0.15, 0.2) is 28.9 Å². The minimum absolute atomic E-state index is 0.0239. The summed E-state index contributed by atoms with van der Waals surface area (Å²) >= 11 is 0. The van der Waals surface area contributed by atoms with E-state index in [9.17, 15) is 14.0 Å². The van der Waals surface area contributed by atoms with Crippen LogP contribution in [0.1, 0.15) is 12.0 Å². The molecule has 0 atom stereocenters. The first kappa shape index (κ1) is 13.1. The number of carbonyl (C=O) groups excluding carboxylic acids is 1. The third-order valence-electron chi connectivity index (χ3n) is 2.63. The molecule has 0 fully saturated rings. The van der Waals surface area contributed by atoms with E-state index in [0.717, 1.165) is 0 Å². The van der Waals surface area contributed by atoms with Gasteiger partial charge in [-0.15, -0.1) is 0 Å². The minimum atomic E-state index is -0.976. The number of amides is 1. The number of nitrogens with one attached hydrogen (secondary N) is 1. The van der Waals surface area contributed by atoms with Crippen LogP contribution in [-0.4, -0.2) is 23.5 Å². The molecular weight excluding hydrogens is 253 g/mol. The molecule has 0 aliphatic carbocycles. The average Bonchev–Trinajstić information content (AvgIpc) is 2.71. The molecule has 0 radical (unpaired) electrons. The fourth-order valence-corrected chi connectivity index (χ4v) is 1.74. The lowest BCUT2D eigenvalue weighted by Crippen LogP contribution is -2.27. The Labute approximate surface area is 108 Å². The molecule has 0 spiro atoms. The van der Waals surface area contributed by atoms with Gasteiger partial charge in [-0.2, -0.15) is 0 Å². The van der Waals surface area contributed by atoms with E-state index >= 15 is 0 Å². The lowest BCUT2D eigenvalue weighted by molar-refractivity contribution is -0.136. The molecule has 0 bridgehead atoms. The highest BCUT2D eigenvalue weighted by Crippen LogP contribution is 2.22. The van der Waals surface area contributed by atoms with Crippen molar-refractivity contribution in [3.63, 3.8) is 0 Å². The molecule has 19 heavy (non-hydrogen) atoms. The molecule has 5 nitrogen and oxygen atoms in total. The van der Waals surface area contributed by atoms with Gasteiger partial charge in [-0.05, 0) is 18.2 Å². The van der Waals surface area contributed by atoms with E-state index < -0.39 is 11.8 Å². The van der Waals surface area contributed by atoms with Crippen molar-refractivity contribution >= 4 is 22.8 Å². The molecule has 0 saturated carbocycles. The van der Waals surface area contributed by atoms with Gasteiger partial charge in [-0.3, -0.25) is 9.59 Å². The Morgan fingerprint density at radius 1 is 1.37 bits per heavy atom. The second kappa shape index (κ2) is 5.51. The lowest BCUT2D eigenvalue weighted by atomic mass is 10.1. The van der Waals surface area contributed by atoms with Gasteiger partial charge in [-0.25, -0.2) is 4.39 Å². The Hall–Kier alpha value is -2.37. The largest absolute Gasteiger partial charge is 0.481 e. The number of aliphatic carboxylic acids is 1. The van der Waals surface area contributed by atoms with Crippen molar-refractivity contribution < 1.29 is 23.5 Å². The van der Waals surface area contributed by atoms with Crippen LogP contribution in [0.3, 0.4) is 0 Å². The third kappa shape index (κ3) is 3.31. The predicted octanol–water partition coefficient (Wildman–Crippen LogP) is 1.71. The Bertz CT molecular complexity index is 620. The molecule has 2 aromatic rings. The second-order valence-corrected chi connectivity index (χ2v) is 4.07. The van der Waals surface area contributed by atoms with Crippen molar-refractivity contribution in [3.05, 3.63) is 35.8 Å². The zero-order valence-corrected chi connectivity index (χ0v) is 9.98. The molecule has 1 aromatic heterocycles. The summed E-state index contributed by atoms with van der Waals surface area (Å²) in [7, 11) is 0. The fourth-order valence-electron chi connectivity index (χ4n) is 1.74. The van der Waals surface area contributed by atoms with Crippen LogP contribution in [-0.2, 0) is 16.0 Å². The van der Waals surface area contributed by atoms with E-state index in [1.165, 1.54) is 24.5 Å². The first-order valence-electron chi connectivity index (χ1n) is 5.70. The van der Waals surface area contributed by atoms with Crippen LogP contribution in [0.4, 0.5) is 4.39 Å². The Morgan fingerprint density at radius 3 is 2.89 bits per heavy atom. The van der Waals surface area contributed by atoms with Gasteiger partial charge < -0.3 is 14.8 Å². The molecule has 1 aromatic carbocycles. The van der Waals surface area contributed by atoms with Crippen molar-refractivity contribution in [1.29, 1.82) is 0 Å². The molecule has 6 heteroatoms. The number of carboxylic acid groups (broad SMARTS) is 1. The Kier molecular flexibility index (Phi) is 3.79. The van der Waals surface area contributed by atoms with E-state index in [4.69, 9.17) is 9.52 Å². The van der Waals surface area contributed by atoms with Crippen LogP contribution in [0.25, 0.3) is 11.0 Å². The number of hydrogen-bond acceptors (Lipinski definition) is 3. The summed E-state index contributed by atoms with van der Waals surface area (Å²) in [5, 5.41) is 11.5. The summed E-state index contributed by atoms with van der Waals surface area (Å²) in [5.74, 6) is -1.70. The fraction of sp³-hybridized carbons (Fsp3) is 0.231. The number of halogens is 1. The third-order valence-corrected chi connectivity index (χ3v) is 2.63. The van der Waals surface area contributed by atoms with Crippen molar-refractivity contribution in [1.82, 2.24) is 5.32 Å². The summed E-state index contributed by atoms with van der Waals surface area (Å²) in [6, 6.07) is 4.08. The van der Waals surface area contributed by atoms with E-state index in [1.807, 2.05) is 0 Å². The minimum Gasteiger partial charge on any atom is -0.481 e.